The van der Waals surface area contributed by atoms with Crippen molar-refractivity contribution < 1.29 is 19.1 Å². The molecule has 0 spiro atoms. The molecule has 0 aliphatic carbocycles. The standard InChI is InChI=1S/C18H18ClNO4/c1-12(2)24-16-9-3-13(4-10-16)18(22)23-11-17(21)20-15-7-5-14(19)6-8-15/h3-10,12H,11H2,1-2H3,(H,20,21). The number of hydrogen-bond acceptors (Lipinski definition) is 4. The summed E-state index contributed by atoms with van der Waals surface area (Å²) in [4.78, 5) is 23.7. The second-order valence-electron chi connectivity index (χ2n) is 5.32. The lowest BCUT2D eigenvalue weighted by atomic mass is 10.2. The van der Waals surface area contributed by atoms with Gasteiger partial charge in [0.2, 0.25) is 0 Å². The lowest BCUT2D eigenvalue weighted by molar-refractivity contribution is -0.119. The van der Waals surface area contributed by atoms with Gasteiger partial charge < -0.3 is 14.8 Å². The van der Waals surface area contributed by atoms with Crippen LogP contribution in [0, 0.1) is 0 Å². The molecule has 0 aliphatic heterocycles. The Bertz CT molecular complexity index is 696. The van der Waals surface area contributed by atoms with Crippen LogP contribution in [0.2, 0.25) is 5.02 Å². The van der Waals surface area contributed by atoms with Crippen LogP contribution in [-0.4, -0.2) is 24.6 Å². The SMILES string of the molecule is CC(C)Oc1ccc(C(=O)OCC(=O)Nc2ccc(Cl)cc2)cc1. The van der Waals surface area contributed by atoms with Crippen molar-refractivity contribution in [3.05, 3.63) is 59.1 Å². The van der Waals surface area contributed by atoms with Crippen molar-refractivity contribution in [2.75, 3.05) is 11.9 Å². The van der Waals surface area contributed by atoms with E-state index in [1.54, 1.807) is 48.5 Å². The number of amides is 1. The summed E-state index contributed by atoms with van der Waals surface area (Å²) in [6, 6.07) is 13.2. The number of carbonyl (C=O) groups is 2. The fourth-order valence-corrected chi connectivity index (χ4v) is 2.01. The third-order valence-corrected chi connectivity index (χ3v) is 3.18. The first-order valence-electron chi connectivity index (χ1n) is 7.43. The first-order chi connectivity index (χ1) is 11.4. The lowest BCUT2D eigenvalue weighted by Gasteiger charge is -2.10. The second-order valence-corrected chi connectivity index (χ2v) is 5.76. The zero-order valence-electron chi connectivity index (χ0n) is 13.4. The number of hydrogen-bond donors (Lipinski definition) is 1. The van der Waals surface area contributed by atoms with Crippen LogP contribution in [0.25, 0.3) is 0 Å². The molecule has 0 aromatic heterocycles. The highest BCUT2D eigenvalue weighted by Crippen LogP contribution is 2.15. The highest BCUT2D eigenvalue weighted by Gasteiger charge is 2.11. The average molecular weight is 348 g/mol. The van der Waals surface area contributed by atoms with Crippen LogP contribution in [0.4, 0.5) is 5.69 Å². The fraction of sp³-hybridized carbons (Fsp3) is 0.222. The Morgan fingerprint density at radius 2 is 1.67 bits per heavy atom. The normalized spacial score (nSPS) is 10.3. The van der Waals surface area contributed by atoms with Crippen LogP contribution in [0.15, 0.2) is 48.5 Å². The molecule has 6 heteroatoms. The Morgan fingerprint density at radius 1 is 1.04 bits per heavy atom. The van der Waals surface area contributed by atoms with Gasteiger partial charge in [0.25, 0.3) is 5.91 Å². The zero-order chi connectivity index (χ0) is 17.5. The molecular formula is C18H18ClNO4. The highest BCUT2D eigenvalue weighted by atomic mass is 35.5. The predicted octanol–water partition coefficient (Wildman–Crippen LogP) is 3.92. The monoisotopic (exact) mass is 347 g/mol. The van der Waals surface area contributed by atoms with Gasteiger partial charge in [-0.1, -0.05) is 11.6 Å². The maximum absolute atomic E-state index is 11.9. The number of carbonyl (C=O) groups excluding carboxylic acids is 2. The predicted molar refractivity (Wildman–Crippen MR) is 92.6 cm³/mol. The Labute approximate surface area is 145 Å². The number of halogens is 1. The molecule has 2 aromatic carbocycles. The number of rotatable bonds is 6. The Hall–Kier alpha value is -2.53. The van der Waals surface area contributed by atoms with Gasteiger partial charge in [-0.3, -0.25) is 4.79 Å². The van der Waals surface area contributed by atoms with E-state index in [0.29, 0.717) is 22.0 Å². The number of benzene rings is 2. The minimum absolute atomic E-state index is 0.0550. The molecule has 0 heterocycles. The summed E-state index contributed by atoms with van der Waals surface area (Å²) in [6.45, 7) is 3.47. The van der Waals surface area contributed by atoms with Crippen molar-refractivity contribution in [1.82, 2.24) is 0 Å². The second kappa shape index (κ2) is 8.36. The zero-order valence-corrected chi connectivity index (χ0v) is 14.2. The van der Waals surface area contributed by atoms with Crippen molar-refractivity contribution in [2.24, 2.45) is 0 Å². The molecule has 1 amide bonds. The van der Waals surface area contributed by atoms with E-state index in [1.165, 1.54) is 0 Å². The van der Waals surface area contributed by atoms with Gasteiger partial charge >= 0.3 is 5.97 Å². The van der Waals surface area contributed by atoms with E-state index in [9.17, 15) is 9.59 Å². The Morgan fingerprint density at radius 3 is 2.25 bits per heavy atom. The molecule has 0 unspecified atom stereocenters. The Balaban J connectivity index is 1.83. The molecule has 0 atom stereocenters. The van der Waals surface area contributed by atoms with Crippen molar-refractivity contribution >= 4 is 29.2 Å². The topological polar surface area (TPSA) is 64.6 Å². The molecular weight excluding hydrogens is 330 g/mol. The van der Waals surface area contributed by atoms with Crippen LogP contribution in [0.3, 0.4) is 0 Å². The molecule has 0 bridgehead atoms. The summed E-state index contributed by atoms with van der Waals surface area (Å²) in [5.74, 6) is -0.329. The van der Waals surface area contributed by atoms with Gasteiger partial charge in [-0.25, -0.2) is 4.79 Å². The third kappa shape index (κ3) is 5.59. The Kier molecular flexibility index (Phi) is 6.21. The maximum Gasteiger partial charge on any atom is 0.338 e. The van der Waals surface area contributed by atoms with Gasteiger partial charge in [0, 0.05) is 10.7 Å². The molecule has 2 aromatic rings. The van der Waals surface area contributed by atoms with Crippen molar-refractivity contribution in [3.8, 4) is 5.75 Å². The number of esters is 1. The van der Waals surface area contributed by atoms with Crippen molar-refractivity contribution in [1.29, 1.82) is 0 Å². The summed E-state index contributed by atoms with van der Waals surface area (Å²) in [7, 11) is 0. The quantitative estimate of drug-likeness (QED) is 0.804. The summed E-state index contributed by atoms with van der Waals surface area (Å²) in [5, 5.41) is 3.19. The summed E-state index contributed by atoms with van der Waals surface area (Å²) >= 11 is 5.77. The van der Waals surface area contributed by atoms with Crippen LogP contribution >= 0.6 is 11.6 Å². The van der Waals surface area contributed by atoms with Crippen molar-refractivity contribution in [2.45, 2.75) is 20.0 Å². The van der Waals surface area contributed by atoms with E-state index >= 15 is 0 Å². The van der Waals surface area contributed by atoms with Gasteiger partial charge in [-0.15, -0.1) is 0 Å². The van der Waals surface area contributed by atoms with Gasteiger partial charge in [-0.05, 0) is 62.4 Å². The van der Waals surface area contributed by atoms with E-state index < -0.39 is 11.9 Å². The summed E-state index contributed by atoms with van der Waals surface area (Å²) in [6.07, 6.45) is 0.0550. The van der Waals surface area contributed by atoms with Gasteiger partial charge in [0.15, 0.2) is 6.61 Å². The van der Waals surface area contributed by atoms with Gasteiger partial charge in [0.05, 0.1) is 11.7 Å². The summed E-state index contributed by atoms with van der Waals surface area (Å²) < 4.78 is 10.5. The van der Waals surface area contributed by atoms with E-state index in [2.05, 4.69) is 5.32 Å². The highest BCUT2D eigenvalue weighted by molar-refractivity contribution is 6.30. The molecule has 5 nitrogen and oxygen atoms in total. The van der Waals surface area contributed by atoms with E-state index in [0.717, 1.165) is 0 Å². The molecule has 0 fully saturated rings. The molecule has 0 radical (unpaired) electrons. The van der Waals surface area contributed by atoms with E-state index in [4.69, 9.17) is 21.1 Å². The minimum Gasteiger partial charge on any atom is -0.491 e. The van der Waals surface area contributed by atoms with Crippen LogP contribution in [0.1, 0.15) is 24.2 Å². The lowest BCUT2D eigenvalue weighted by Crippen LogP contribution is -2.20. The minimum atomic E-state index is -0.572. The number of nitrogens with one attached hydrogen (secondary N) is 1. The molecule has 126 valence electrons. The van der Waals surface area contributed by atoms with Crippen LogP contribution in [0.5, 0.6) is 5.75 Å². The van der Waals surface area contributed by atoms with Gasteiger partial charge in [-0.2, -0.15) is 0 Å². The largest absolute Gasteiger partial charge is 0.491 e. The molecule has 0 aliphatic rings. The number of anilines is 1. The van der Waals surface area contributed by atoms with Gasteiger partial charge in [0.1, 0.15) is 5.75 Å². The average Bonchev–Trinajstić information content (AvgIpc) is 2.55. The molecule has 0 saturated heterocycles. The fourth-order valence-electron chi connectivity index (χ4n) is 1.89. The van der Waals surface area contributed by atoms with Crippen LogP contribution < -0.4 is 10.1 Å². The molecule has 2 rings (SSSR count). The first-order valence-corrected chi connectivity index (χ1v) is 7.81. The van der Waals surface area contributed by atoms with Crippen molar-refractivity contribution in [3.63, 3.8) is 0 Å². The van der Waals surface area contributed by atoms with Crippen LogP contribution in [-0.2, 0) is 9.53 Å². The molecule has 0 saturated carbocycles. The van der Waals surface area contributed by atoms with E-state index in [-0.39, 0.29) is 12.7 Å². The first kappa shape index (κ1) is 17.8. The third-order valence-electron chi connectivity index (χ3n) is 2.92. The summed E-state index contributed by atoms with van der Waals surface area (Å²) in [5.41, 5.74) is 0.932. The smallest absolute Gasteiger partial charge is 0.338 e. The maximum atomic E-state index is 11.9. The van der Waals surface area contributed by atoms with E-state index in [1.807, 2.05) is 13.8 Å². The molecule has 24 heavy (non-hydrogen) atoms. The number of ether oxygens (including phenoxy) is 2. The molecule has 1 N–H and O–H groups in total.